The van der Waals surface area contributed by atoms with Gasteiger partial charge in [-0.05, 0) is 12.5 Å². The largest absolute Gasteiger partial charge is 0.496 e. The van der Waals surface area contributed by atoms with Crippen molar-refractivity contribution in [1.29, 1.82) is 0 Å². The summed E-state index contributed by atoms with van der Waals surface area (Å²) in [4.78, 5) is 12.8. The molecule has 0 atom stereocenters. The van der Waals surface area contributed by atoms with Gasteiger partial charge in [0.05, 0.1) is 7.11 Å². The van der Waals surface area contributed by atoms with E-state index < -0.39 is 0 Å². The van der Waals surface area contributed by atoms with Gasteiger partial charge in [-0.15, -0.1) is 0 Å². The van der Waals surface area contributed by atoms with Crippen LogP contribution in [0, 0.1) is 0 Å². The van der Waals surface area contributed by atoms with Gasteiger partial charge >= 0.3 is 0 Å². The summed E-state index contributed by atoms with van der Waals surface area (Å²) < 4.78 is 5.32. The zero-order chi connectivity index (χ0) is 13.7. The van der Waals surface area contributed by atoms with Crippen LogP contribution in [0.25, 0.3) is 0 Å². The van der Waals surface area contributed by atoms with E-state index in [9.17, 15) is 0 Å². The smallest absolute Gasteiger partial charge is 0.223 e. The fourth-order valence-corrected chi connectivity index (χ4v) is 1.92. The molecule has 5 nitrogen and oxygen atoms in total. The van der Waals surface area contributed by atoms with E-state index in [4.69, 9.17) is 10.5 Å². The molecule has 0 fully saturated rings. The van der Waals surface area contributed by atoms with Gasteiger partial charge in [-0.3, -0.25) is 0 Å². The summed E-state index contributed by atoms with van der Waals surface area (Å²) in [7, 11) is 1.66. The monoisotopic (exact) mass is 258 g/mol. The molecule has 0 saturated heterocycles. The Morgan fingerprint density at radius 3 is 2.58 bits per heavy atom. The van der Waals surface area contributed by atoms with Gasteiger partial charge in [0, 0.05) is 18.4 Å². The minimum absolute atomic E-state index is 0.281. The van der Waals surface area contributed by atoms with Crippen molar-refractivity contribution in [3.8, 4) is 5.75 Å². The van der Waals surface area contributed by atoms with E-state index in [1.54, 1.807) is 7.11 Å². The SMILES string of the molecule is CCCc1nc(N)nc(Cc2ccccc2OC)n1. The fraction of sp³-hybridized carbons (Fsp3) is 0.357. The van der Waals surface area contributed by atoms with E-state index >= 15 is 0 Å². The zero-order valence-corrected chi connectivity index (χ0v) is 11.3. The number of hydrogen-bond acceptors (Lipinski definition) is 5. The predicted octanol–water partition coefficient (Wildman–Crippen LogP) is 2.01. The van der Waals surface area contributed by atoms with Crippen molar-refractivity contribution in [3.63, 3.8) is 0 Å². The van der Waals surface area contributed by atoms with Crippen molar-refractivity contribution in [2.24, 2.45) is 0 Å². The molecule has 2 rings (SSSR count). The maximum atomic E-state index is 5.72. The molecule has 0 aliphatic rings. The van der Waals surface area contributed by atoms with Crippen LogP contribution in [0.15, 0.2) is 24.3 Å². The first-order valence-electron chi connectivity index (χ1n) is 6.34. The van der Waals surface area contributed by atoms with Gasteiger partial charge in [0.2, 0.25) is 5.95 Å². The maximum Gasteiger partial charge on any atom is 0.223 e. The molecule has 0 spiro atoms. The standard InChI is InChI=1S/C14H18N4O/c1-3-6-12-16-13(18-14(15)17-12)9-10-7-4-5-8-11(10)19-2/h4-5,7-8H,3,6,9H2,1-2H3,(H2,15,16,17,18). The molecule has 19 heavy (non-hydrogen) atoms. The molecule has 0 aliphatic heterocycles. The van der Waals surface area contributed by atoms with E-state index in [1.165, 1.54) is 0 Å². The quantitative estimate of drug-likeness (QED) is 0.888. The van der Waals surface area contributed by atoms with E-state index in [-0.39, 0.29) is 5.95 Å². The van der Waals surface area contributed by atoms with Gasteiger partial charge in [-0.25, -0.2) is 4.98 Å². The van der Waals surface area contributed by atoms with Crippen LogP contribution in [0.5, 0.6) is 5.75 Å². The second kappa shape index (κ2) is 6.13. The number of aryl methyl sites for hydroxylation is 1. The Hall–Kier alpha value is -2.17. The number of ether oxygens (including phenoxy) is 1. The molecule has 0 saturated carbocycles. The lowest BCUT2D eigenvalue weighted by atomic mass is 10.1. The molecule has 5 heteroatoms. The van der Waals surface area contributed by atoms with Gasteiger partial charge in [-0.2, -0.15) is 9.97 Å². The molecule has 0 bridgehead atoms. The summed E-state index contributed by atoms with van der Waals surface area (Å²) in [5.41, 5.74) is 6.76. The Morgan fingerprint density at radius 1 is 1.11 bits per heavy atom. The molecule has 1 heterocycles. The Kier molecular flexibility index (Phi) is 4.28. The van der Waals surface area contributed by atoms with Gasteiger partial charge in [0.25, 0.3) is 0 Å². The van der Waals surface area contributed by atoms with Crippen LogP contribution in [-0.2, 0) is 12.8 Å². The number of anilines is 1. The summed E-state index contributed by atoms with van der Waals surface area (Å²) >= 11 is 0. The van der Waals surface area contributed by atoms with Crippen molar-refractivity contribution in [1.82, 2.24) is 15.0 Å². The van der Waals surface area contributed by atoms with Crippen LogP contribution in [0.1, 0.15) is 30.6 Å². The average Bonchev–Trinajstić information content (AvgIpc) is 2.39. The first-order chi connectivity index (χ1) is 9.22. The van der Waals surface area contributed by atoms with E-state index in [1.807, 2.05) is 24.3 Å². The van der Waals surface area contributed by atoms with Gasteiger partial charge in [0.15, 0.2) is 0 Å². The first kappa shape index (κ1) is 13.3. The van der Waals surface area contributed by atoms with Crippen molar-refractivity contribution in [2.45, 2.75) is 26.2 Å². The number of hydrogen-bond donors (Lipinski definition) is 1. The minimum atomic E-state index is 0.281. The summed E-state index contributed by atoms with van der Waals surface area (Å²) in [6.07, 6.45) is 2.39. The number of aromatic nitrogens is 3. The Labute approximate surface area is 112 Å². The summed E-state index contributed by atoms with van der Waals surface area (Å²) in [5.74, 6) is 2.54. The predicted molar refractivity (Wildman–Crippen MR) is 74.0 cm³/mol. The molecular formula is C14H18N4O. The number of para-hydroxylation sites is 1. The average molecular weight is 258 g/mol. The second-order valence-corrected chi connectivity index (χ2v) is 4.26. The fourth-order valence-electron chi connectivity index (χ4n) is 1.92. The number of benzene rings is 1. The van der Waals surface area contributed by atoms with E-state index in [0.29, 0.717) is 12.2 Å². The summed E-state index contributed by atoms with van der Waals surface area (Å²) in [6.45, 7) is 2.08. The molecule has 2 aromatic rings. The summed E-state index contributed by atoms with van der Waals surface area (Å²) in [6, 6.07) is 7.83. The highest BCUT2D eigenvalue weighted by Crippen LogP contribution is 2.19. The molecule has 0 amide bonds. The van der Waals surface area contributed by atoms with Crippen molar-refractivity contribution < 1.29 is 4.74 Å². The van der Waals surface area contributed by atoms with Gasteiger partial charge in [-0.1, -0.05) is 25.1 Å². The van der Waals surface area contributed by atoms with Gasteiger partial charge < -0.3 is 10.5 Å². The van der Waals surface area contributed by atoms with Crippen LogP contribution in [0.2, 0.25) is 0 Å². The lowest BCUT2D eigenvalue weighted by Crippen LogP contribution is -2.08. The van der Waals surface area contributed by atoms with Crippen LogP contribution in [0.3, 0.4) is 0 Å². The maximum absolute atomic E-state index is 5.72. The van der Waals surface area contributed by atoms with Crippen molar-refractivity contribution in [3.05, 3.63) is 41.5 Å². The second-order valence-electron chi connectivity index (χ2n) is 4.26. The molecular weight excluding hydrogens is 240 g/mol. The van der Waals surface area contributed by atoms with Crippen molar-refractivity contribution >= 4 is 5.95 Å². The summed E-state index contributed by atoms with van der Waals surface area (Å²) in [5, 5.41) is 0. The Morgan fingerprint density at radius 2 is 1.84 bits per heavy atom. The van der Waals surface area contributed by atoms with Crippen LogP contribution >= 0.6 is 0 Å². The van der Waals surface area contributed by atoms with Gasteiger partial charge in [0.1, 0.15) is 17.4 Å². The number of rotatable bonds is 5. The normalized spacial score (nSPS) is 10.4. The number of nitrogen functional groups attached to an aromatic ring is 1. The molecule has 1 aromatic heterocycles. The number of nitrogens with two attached hydrogens (primary N) is 1. The van der Waals surface area contributed by atoms with Crippen molar-refractivity contribution in [2.75, 3.05) is 12.8 Å². The zero-order valence-electron chi connectivity index (χ0n) is 11.3. The van der Waals surface area contributed by atoms with E-state index in [2.05, 4.69) is 21.9 Å². The lowest BCUT2D eigenvalue weighted by molar-refractivity contribution is 0.410. The molecule has 0 aliphatic carbocycles. The molecule has 2 N–H and O–H groups in total. The van der Waals surface area contributed by atoms with Crippen LogP contribution in [0.4, 0.5) is 5.95 Å². The molecule has 100 valence electrons. The third kappa shape index (κ3) is 3.40. The topological polar surface area (TPSA) is 73.9 Å². The van der Waals surface area contributed by atoms with E-state index in [0.717, 1.165) is 30.0 Å². The third-order valence-corrected chi connectivity index (χ3v) is 2.76. The molecule has 0 radical (unpaired) electrons. The molecule has 0 unspecified atom stereocenters. The highest BCUT2D eigenvalue weighted by molar-refractivity contribution is 5.35. The highest BCUT2D eigenvalue weighted by Gasteiger charge is 2.08. The number of methoxy groups -OCH3 is 1. The first-order valence-corrected chi connectivity index (χ1v) is 6.34. The minimum Gasteiger partial charge on any atom is -0.496 e. The van der Waals surface area contributed by atoms with Crippen LogP contribution < -0.4 is 10.5 Å². The third-order valence-electron chi connectivity index (χ3n) is 2.76. The number of nitrogens with zero attached hydrogens (tertiary/aromatic N) is 3. The highest BCUT2D eigenvalue weighted by atomic mass is 16.5. The Bertz CT molecular complexity index is 557. The Balaban J connectivity index is 2.27. The lowest BCUT2D eigenvalue weighted by Gasteiger charge is -2.08. The van der Waals surface area contributed by atoms with Crippen LogP contribution in [-0.4, -0.2) is 22.1 Å². The molecule has 1 aromatic carbocycles.